The maximum atomic E-state index is 3.44. The number of nitrogens with zero attached hydrogens (tertiary/aromatic N) is 1. The van der Waals surface area contributed by atoms with Crippen LogP contribution >= 0.6 is 12.4 Å². The van der Waals surface area contributed by atoms with E-state index in [1.807, 2.05) is 0 Å². The van der Waals surface area contributed by atoms with Crippen molar-refractivity contribution in [3.63, 3.8) is 0 Å². The second-order valence-corrected chi connectivity index (χ2v) is 3.80. The third-order valence-electron chi connectivity index (χ3n) is 2.91. The Morgan fingerprint density at radius 2 is 2.07 bits per heavy atom. The van der Waals surface area contributed by atoms with Crippen molar-refractivity contribution in [1.29, 1.82) is 0 Å². The quantitative estimate of drug-likeness (QED) is 0.833. The number of hydrogen-bond donors (Lipinski definition) is 1. The van der Waals surface area contributed by atoms with Gasteiger partial charge in [-0.1, -0.05) is 25.1 Å². The first-order valence-corrected chi connectivity index (χ1v) is 5.44. The molecule has 1 heterocycles. The zero-order valence-corrected chi connectivity index (χ0v) is 9.96. The van der Waals surface area contributed by atoms with Crippen LogP contribution in [0.5, 0.6) is 0 Å². The minimum Gasteiger partial charge on any atom is -0.366 e. The predicted molar refractivity (Wildman–Crippen MR) is 68.0 cm³/mol. The molecule has 2 rings (SSSR count). The molecule has 1 aliphatic heterocycles. The van der Waals surface area contributed by atoms with Crippen molar-refractivity contribution in [3.8, 4) is 0 Å². The molecule has 1 aliphatic rings. The van der Waals surface area contributed by atoms with Gasteiger partial charge in [-0.25, -0.2) is 0 Å². The predicted octanol–water partition coefficient (Wildman–Crippen LogP) is 2.30. The van der Waals surface area contributed by atoms with Gasteiger partial charge in [0.1, 0.15) is 0 Å². The second-order valence-electron chi connectivity index (χ2n) is 3.80. The smallest absolute Gasteiger partial charge is 0.0412 e. The number of hydrogen-bond acceptors (Lipinski definition) is 2. The third kappa shape index (κ3) is 2.86. The van der Waals surface area contributed by atoms with Crippen molar-refractivity contribution in [2.75, 3.05) is 24.5 Å². The average Bonchev–Trinajstić information content (AvgIpc) is 2.30. The van der Waals surface area contributed by atoms with Crippen LogP contribution in [0.3, 0.4) is 0 Å². The molecule has 0 radical (unpaired) electrons. The van der Waals surface area contributed by atoms with E-state index in [-0.39, 0.29) is 12.4 Å². The first-order valence-electron chi connectivity index (χ1n) is 5.44. The molecular formula is C12H19ClN2. The Morgan fingerprint density at radius 1 is 1.33 bits per heavy atom. The van der Waals surface area contributed by atoms with E-state index in [9.17, 15) is 0 Å². The Bertz CT molecular complexity index is 276. The molecule has 0 bridgehead atoms. The number of halogens is 1. The first kappa shape index (κ1) is 12.3. The minimum absolute atomic E-state index is 0. The molecule has 1 aromatic carbocycles. The number of nitrogens with one attached hydrogen (secondary N) is 1. The van der Waals surface area contributed by atoms with Gasteiger partial charge in [-0.3, -0.25) is 0 Å². The van der Waals surface area contributed by atoms with E-state index in [0.29, 0.717) is 6.04 Å². The summed E-state index contributed by atoms with van der Waals surface area (Å²) in [4.78, 5) is 2.51. The molecule has 1 aromatic rings. The Balaban J connectivity index is 0.00000112. The maximum absolute atomic E-state index is 3.44. The summed E-state index contributed by atoms with van der Waals surface area (Å²) in [6, 6.07) is 11.4. The molecule has 1 atom stereocenters. The van der Waals surface area contributed by atoms with Gasteiger partial charge in [-0.15, -0.1) is 12.4 Å². The zero-order chi connectivity index (χ0) is 9.80. The molecule has 15 heavy (non-hydrogen) atoms. The highest BCUT2D eigenvalue weighted by atomic mass is 35.5. The lowest BCUT2D eigenvalue weighted by atomic mass is 10.1. The molecule has 2 nitrogen and oxygen atoms in total. The van der Waals surface area contributed by atoms with Crippen LogP contribution in [0, 0.1) is 0 Å². The SMILES string of the molecule is CCC1CNCCN1c1ccccc1.Cl. The van der Waals surface area contributed by atoms with Gasteiger partial charge in [-0.2, -0.15) is 0 Å². The average molecular weight is 227 g/mol. The highest BCUT2D eigenvalue weighted by Gasteiger charge is 2.19. The molecule has 0 aromatic heterocycles. The van der Waals surface area contributed by atoms with Crippen LogP contribution in [0.15, 0.2) is 30.3 Å². The standard InChI is InChI=1S/C12H18N2.ClH/c1-2-11-10-13-8-9-14(11)12-6-4-3-5-7-12;/h3-7,11,13H,2,8-10H2,1H3;1H. The molecule has 1 unspecified atom stereocenters. The lowest BCUT2D eigenvalue weighted by molar-refractivity contribution is 0.466. The zero-order valence-electron chi connectivity index (χ0n) is 9.15. The minimum atomic E-state index is 0. The summed E-state index contributed by atoms with van der Waals surface area (Å²) < 4.78 is 0. The Hall–Kier alpha value is -0.730. The van der Waals surface area contributed by atoms with E-state index >= 15 is 0 Å². The van der Waals surface area contributed by atoms with Crippen LogP contribution in [-0.2, 0) is 0 Å². The van der Waals surface area contributed by atoms with Gasteiger partial charge in [0.05, 0.1) is 0 Å². The summed E-state index contributed by atoms with van der Waals surface area (Å²) in [6.45, 7) is 5.60. The van der Waals surface area contributed by atoms with E-state index < -0.39 is 0 Å². The molecule has 1 N–H and O–H groups in total. The number of para-hydroxylation sites is 1. The van der Waals surface area contributed by atoms with E-state index in [1.54, 1.807) is 0 Å². The second kappa shape index (κ2) is 5.99. The van der Waals surface area contributed by atoms with Gasteiger partial charge < -0.3 is 10.2 Å². The molecule has 0 amide bonds. The highest BCUT2D eigenvalue weighted by Crippen LogP contribution is 2.18. The largest absolute Gasteiger partial charge is 0.366 e. The summed E-state index contributed by atoms with van der Waals surface area (Å²) in [5.74, 6) is 0. The summed E-state index contributed by atoms with van der Waals surface area (Å²) in [6.07, 6.45) is 1.21. The monoisotopic (exact) mass is 226 g/mol. The number of rotatable bonds is 2. The van der Waals surface area contributed by atoms with Crippen molar-refractivity contribution in [2.45, 2.75) is 19.4 Å². The fourth-order valence-electron chi connectivity index (χ4n) is 2.09. The molecule has 0 saturated carbocycles. The number of anilines is 1. The molecule has 84 valence electrons. The molecule has 0 aliphatic carbocycles. The summed E-state index contributed by atoms with van der Waals surface area (Å²) >= 11 is 0. The molecular weight excluding hydrogens is 208 g/mol. The fraction of sp³-hybridized carbons (Fsp3) is 0.500. The van der Waals surface area contributed by atoms with Gasteiger partial charge in [0.25, 0.3) is 0 Å². The Labute approximate surface area is 98.1 Å². The van der Waals surface area contributed by atoms with Crippen LogP contribution in [0.1, 0.15) is 13.3 Å². The Morgan fingerprint density at radius 3 is 2.73 bits per heavy atom. The topological polar surface area (TPSA) is 15.3 Å². The fourth-order valence-corrected chi connectivity index (χ4v) is 2.09. The van der Waals surface area contributed by atoms with Crippen LogP contribution in [0.2, 0.25) is 0 Å². The molecule has 0 spiro atoms. The van der Waals surface area contributed by atoms with Crippen LogP contribution in [0.4, 0.5) is 5.69 Å². The van der Waals surface area contributed by atoms with Gasteiger partial charge in [-0.05, 0) is 18.6 Å². The molecule has 3 heteroatoms. The summed E-state index contributed by atoms with van der Waals surface area (Å²) in [7, 11) is 0. The van der Waals surface area contributed by atoms with Crippen LogP contribution in [0.25, 0.3) is 0 Å². The number of piperazine rings is 1. The van der Waals surface area contributed by atoms with E-state index in [1.165, 1.54) is 12.1 Å². The first-order chi connectivity index (χ1) is 6.92. The van der Waals surface area contributed by atoms with Crippen molar-refractivity contribution in [2.24, 2.45) is 0 Å². The van der Waals surface area contributed by atoms with Crippen LogP contribution < -0.4 is 10.2 Å². The van der Waals surface area contributed by atoms with Crippen molar-refractivity contribution < 1.29 is 0 Å². The molecule has 1 fully saturated rings. The maximum Gasteiger partial charge on any atom is 0.0412 e. The summed E-state index contributed by atoms with van der Waals surface area (Å²) in [5.41, 5.74) is 1.36. The van der Waals surface area contributed by atoms with Gasteiger partial charge >= 0.3 is 0 Å². The summed E-state index contributed by atoms with van der Waals surface area (Å²) in [5, 5.41) is 3.44. The van der Waals surface area contributed by atoms with Gasteiger partial charge in [0.2, 0.25) is 0 Å². The van der Waals surface area contributed by atoms with E-state index in [2.05, 4.69) is 47.5 Å². The van der Waals surface area contributed by atoms with Gasteiger partial charge in [0.15, 0.2) is 0 Å². The van der Waals surface area contributed by atoms with E-state index in [0.717, 1.165) is 19.6 Å². The van der Waals surface area contributed by atoms with Crippen molar-refractivity contribution in [1.82, 2.24) is 5.32 Å². The molecule has 1 saturated heterocycles. The third-order valence-corrected chi connectivity index (χ3v) is 2.91. The van der Waals surface area contributed by atoms with Crippen LogP contribution in [-0.4, -0.2) is 25.7 Å². The number of benzene rings is 1. The Kier molecular flexibility index (Phi) is 4.92. The van der Waals surface area contributed by atoms with Crippen molar-refractivity contribution in [3.05, 3.63) is 30.3 Å². The normalized spacial score (nSPS) is 20.9. The highest BCUT2D eigenvalue weighted by molar-refractivity contribution is 5.85. The lowest BCUT2D eigenvalue weighted by Gasteiger charge is -2.37. The van der Waals surface area contributed by atoms with Gasteiger partial charge in [0, 0.05) is 31.4 Å². The van der Waals surface area contributed by atoms with E-state index in [4.69, 9.17) is 0 Å². The van der Waals surface area contributed by atoms with Crippen molar-refractivity contribution >= 4 is 18.1 Å². The lowest BCUT2D eigenvalue weighted by Crippen LogP contribution is -2.51.